The van der Waals surface area contributed by atoms with Crippen LogP contribution in [-0.4, -0.2) is 119 Å². The Morgan fingerprint density at radius 2 is 1.64 bits per heavy atom. The molecule has 5 amide bonds. The number of nitrogens with zero attached hydrogens (tertiary/aromatic N) is 4. The van der Waals surface area contributed by atoms with Gasteiger partial charge in [0.05, 0.1) is 0 Å². The second-order valence-electron chi connectivity index (χ2n) is 14.0. The number of fused-ring (bicyclic) bond motifs is 1. The summed E-state index contributed by atoms with van der Waals surface area (Å²) in [7, 11) is 0. The van der Waals surface area contributed by atoms with Crippen molar-refractivity contribution in [2.24, 2.45) is 0 Å². The molecule has 1 atom stereocenters. The van der Waals surface area contributed by atoms with Crippen molar-refractivity contribution < 1.29 is 24.2 Å². The zero-order chi connectivity index (χ0) is 33.1. The highest BCUT2D eigenvalue weighted by Crippen LogP contribution is 2.29. The quantitative estimate of drug-likeness (QED) is 0.439. The molecule has 4 aliphatic heterocycles. The lowest BCUT2D eigenvalue weighted by molar-refractivity contribution is -0.136. The molecule has 0 aliphatic carbocycles. The van der Waals surface area contributed by atoms with Gasteiger partial charge in [-0.2, -0.15) is 0 Å². The van der Waals surface area contributed by atoms with Gasteiger partial charge in [0.1, 0.15) is 11.8 Å². The number of likely N-dealkylation sites (tertiary alicyclic amines) is 1. The number of carbonyl (C=O) groups excluding carboxylic acids is 3. The monoisotopic (exact) mass is 646 g/mol. The number of carbonyl (C=O) groups is 3. The molecule has 3 N–H and O–H groups in total. The number of hydrogen-bond acceptors (Lipinski definition) is 6. The molecule has 254 valence electrons. The fraction of sp³-hybridized carbons (Fsp3) is 0.583. The molecule has 0 spiro atoms. The number of hydrogen-bond donors (Lipinski definition) is 3. The third kappa shape index (κ3) is 7.36. The number of phenols is 1. The van der Waals surface area contributed by atoms with Crippen LogP contribution in [0.4, 0.5) is 15.3 Å². The molecule has 3 saturated heterocycles. The summed E-state index contributed by atoms with van der Waals surface area (Å²) in [6.45, 7) is 12.0. The van der Waals surface area contributed by atoms with Gasteiger partial charge in [0.25, 0.3) is 0 Å². The molecular weight excluding hydrogens is 596 g/mol. The Morgan fingerprint density at radius 1 is 0.979 bits per heavy atom. The van der Waals surface area contributed by atoms with Gasteiger partial charge in [0, 0.05) is 82.7 Å². The molecule has 0 radical (unpaired) electrons. The summed E-state index contributed by atoms with van der Waals surface area (Å²) in [6.07, 6.45) is 4.47. The van der Waals surface area contributed by atoms with Gasteiger partial charge in [0.2, 0.25) is 5.91 Å². The minimum Gasteiger partial charge on any atom is -0.507 e. The molecule has 3 fully saturated rings. The summed E-state index contributed by atoms with van der Waals surface area (Å²) in [5.41, 5.74) is 4.49. The molecule has 11 heteroatoms. The maximum atomic E-state index is 14.1. The number of phenolic OH excluding ortho intramolecular Hbond substituents is 1. The van der Waals surface area contributed by atoms with Gasteiger partial charge in [-0.3, -0.25) is 9.69 Å². The first-order valence-corrected chi connectivity index (χ1v) is 17.2. The zero-order valence-electron chi connectivity index (χ0n) is 28.1. The summed E-state index contributed by atoms with van der Waals surface area (Å²) in [5.74, 6) is 0.178. The number of urea groups is 2. The molecule has 0 aromatic heterocycles. The molecular formula is C36H50N6O5. The average Bonchev–Trinajstić information content (AvgIpc) is 3.25. The van der Waals surface area contributed by atoms with Crippen molar-refractivity contribution in [3.8, 4) is 5.75 Å². The van der Waals surface area contributed by atoms with Gasteiger partial charge in [0.15, 0.2) is 0 Å². The van der Waals surface area contributed by atoms with E-state index in [2.05, 4.69) is 28.5 Å². The summed E-state index contributed by atoms with van der Waals surface area (Å²) in [4.78, 5) is 49.0. The molecule has 0 bridgehead atoms. The Morgan fingerprint density at radius 3 is 2.32 bits per heavy atom. The van der Waals surface area contributed by atoms with Crippen molar-refractivity contribution in [3.05, 3.63) is 58.7 Å². The second kappa shape index (κ2) is 14.1. The first-order chi connectivity index (χ1) is 22.6. The number of aromatic hydroxyl groups is 1. The van der Waals surface area contributed by atoms with Crippen LogP contribution >= 0.6 is 0 Å². The van der Waals surface area contributed by atoms with E-state index in [9.17, 15) is 19.5 Å². The number of piperazine rings is 1. The van der Waals surface area contributed by atoms with Gasteiger partial charge in [-0.05, 0) is 81.2 Å². The van der Waals surface area contributed by atoms with Crippen LogP contribution in [0.15, 0.2) is 36.4 Å². The first-order valence-electron chi connectivity index (χ1n) is 17.2. The number of piperidine rings is 1. The Balaban J connectivity index is 1.09. The van der Waals surface area contributed by atoms with E-state index >= 15 is 0 Å². The Kier molecular flexibility index (Phi) is 9.93. The Bertz CT molecular complexity index is 1440. The van der Waals surface area contributed by atoms with E-state index < -0.39 is 6.04 Å². The summed E-state index contributed by atoms with van der Waals surface area (Å²) in [5, 5.41) is 16.5. The minimum atomic E-state index is -0.733. The predicted molar refractivity (Wildman–Crippen MR) is 181 cm³/mol. The Hall–Kier alpha value is -3.83. The zero-order valence-corrected chi connectivity index (χ0v) is 28.1. The van der Waals surface area contributed by atoms with Gasteiger partial charge in [-0.25, -0.2) is 9.59 Å². The number of anilines is 1. The Labute approximate surface area is 278 Å². The van der Waals surface area contributed by atoms with Crippen molar-refractivity contribution in [1.82, 2.24) is 24.9 Å². The first kappa shape index (κ1) is 33.1. The number of rotatable bonds is 6. The highest BCUT2D eigenvalue weighted by Gasteiger charge is 2.38. The van der Waals surface area contributed by atoms with Crippen LogP contribution in [0.3, 0.4) is 0 Å². The third-order valence-electron chi connectivity index (χ3n) is 10.8. The maximum Gasteiger partial charge on any atom is 0.322 e. The molecule has 6 rings (SSSR count). The lowest BCUT2D eigenvalue weighted by atomic mass is 9.89. The van der Waals surface area contributed by atoms with Crippen LogP contribution in [0.5, 0.6) is 5.75 Å². The van der Waals surface area contributed by atoms with E-state index in [4.69, 9.17) is 4.74 Å². The lowest BCUT2D eigenvalue weighted by Crippen LogP contribution is -2.61. The number of nitrogens with one attached hydrogen (secondary N) is 2. The number of amides is 5. The molecule has 0 unspecified atom stereocenters. The van der Waals surface area contributed by atoms with E-state index in [1.807, 2.05) is 54.0 Å². The smallest absolute Gasteiger partial charge is 0.322 e. The SMILES string of the molecule is Cc1cc(C[C@@H](NC(=O)N2CCC(N3CCc4ccccc4NC3=O)CC2)C(=O)N2CCN(C3(C)CCOCC3)CC2)cc(C)c1O. The van der Waals surface area contributed by atoms with Gasteiger partial charge in [-0.15, -0.1) is 0 Å². The average molecular weight is 647 g/mol. The van der Waals surface area contributed by atoms with Crippen LogP contribution in [0.25, 0.3) is 0 Å². The molecule has 4 heterocycles. The van der Waals surface area contributed by atoms with Crippen LogP contribution < -0.4 is 10.6 Å². The van der Waals surface area contributed by atoms with Crippen LogP contribution in [0, 0.1) is 13.8 Å². The lowest BCUT2D eigenvalue weighted by Gasteiger charge is -2.48. The van der Waals surface area contributed by atoms with Crippen molar-refractivity contribution in [2.75, 3.05) is 64.3 Å². The number of ether oxygens (including phenoxy) is 1. The van der Waals surface area contributed by atoms with E-state index in [-0.39, 0.29) is 35.3 Å². The van der Waals surface area contributed by atoms with Crippen molar-refractivity contribution in [3.63, 3.8) is 0 Å². The summed E-state index contributed by atoms with van der Waals surface area (Å²) >= 11 is 0. The standard InChI is InChI=1S/C36H50N6O5/c1-25-22-27(23-26(2)32(25)43)24-31(33(44)39-16-18-41(19-17-39)36(3)11-20-47-21-12-36)38-34(45)40-13-9-29(10-14-40)42-15-8-28-6-4-5-7-30(28)37-35(42)46/h4-7,22-23,29,31,43H,8-21,24H2,1-3H3,(H,37,46)(H,38,45)/t31-/m1/s1. The highest BCUT2D eigenvalue weighted by atomic mass is 16.5. The molecule has 4 aliphatic rings. The predicted octanol–water partition coefficient (Wildman–Crippen LogP) is 3.90. The fourth-order valence-electron chi connectivity index (χ4n) is 7.77. The van der Waals surface area contributed by atoms with Crippen molar-refractivity contribution in [1.29, 1.82) is 0 Å². The molecule has 0 saturated carbocycles. The van der Waals surface area contributed by atoms with Gasteiger partial charge < -0.3 is 35.2 Å². The highest BCUT2D eigenvalue weighted by molar-refractivity contribution is 5.91. The topological polar surface area (TPSA) is 118 Å². The van der Waals surface area contributed by atoms with E-state index in [1.54, 1.807) is 4.90 Å². The third-order valence-corrected chi connectivity index (χ3v) is 10.8. The molecule has 2 aromatic carbocycles. The normalized spacial score (nSPS) is 21.4. The van der Waals surface area contributed by atoms with Gasteiger partial charge >= 0.3 is 12.1 Å². The van der Waals surface area contributed by atoms with E-state index in [0.29, 0.717) is 52.0 Å². The van der Waals surface area contributed by atoms with E-state index in [0.717, 1.165) is 73.5 Å². The molecule has 47 heavy (non-hydrogen) atoms. The maximum absolute atomic E-state index is 14.1. The van der Waals surface area contributed by atoms with Crippen LogP contribution in [-0.2, 0) is 22.4 Å². The molecule has 2 aromatic rings. The van der Waals surface area contributed by atoms with Crippen molar-refractivity contribution in [2.45, 2.75) is 76.9 Å². The minimum absolute atomic E-state index is 0.0441. The fourth-order valence-corrected chi connectivity index (χ4v) is 7.77. The summed E-state index contributed by atoms with van der Waals surface area (Å²) in [6, 6.07) is 10.7. The molecule has 11 nitrogen and oxygen atoms in total. The van der Waals surface area contributed by atoms with Crippen LogP contribution in [0.2, 0.25) is 0 Å². The second-order valence-corrected chi connectivity index (χ2v) is 14.0. The number of aryl methyl sites for hydroxylation is 2. The van der Waals surface area contributed by atoms with Crippen molar-refractivity contribution >= 4 is 23.7 Å². The van der Waals surface area contributed by atoms with Crippen LogP contribution in [0.1, 0.15) is 54.9 Å². The number of benzene rings is 2. The summed E-state index contributed by atoms with van der Waals surface area (Å²) < 4.78 is 5.60. The number of para-hydroxylation sites is 1. The largest absolute Gasteiger partial charge is 0.507 e. The van der Waals surface area contributed by atoms with Gasteiger partial charge in [-0.1, -0.05) is 30.3 Å². The van der Waals surface area contributed by atoms with E-state index in [1.165, 1.54) is 0 Å².